The second-order valence-corrected chi connectivity index (χ2v) is 7.38. The number of hydrogen-bond donors (Lipinski definition) is 2. The Hall–Kier alpha value is -2.71. The second kappa shape index (κ2) is 8.41. The quantitative estimate of drug-likeness (QED) is 0.740. The molecule has 8 heteroatoms. The summed E-state index contributed by atoms with van der Waals surface area (Å²) in [7, 11) is -2.46. The number of nitrogens with one attached hydrogen (secondary N) is 2. The Morgan fingerprint density at radius 1 is 0.880 bits per heavy atom. The summed E-state index contributed by atoms with van der Waals surface area (Å²) in [5.41, 5.74) is 5.28. The number of hydrogen-bond acceptors (Lipinski definition) is 4. The molecule has 0 saturated carbocycles. The minimum atomic E-state index is -3.76. The molecule has 2 rings (SSSR count). The van der Waals surface area contributed by atoms with Crippen molar-refractivity contribution in [3.63, 3.8) is 0 Å². The number of rotatable bonds is 6. The van der Waals surface area contributed by atoms with Crippen molar-refractivity contribution in [2.75, 3.05) is 13.6 Å². The number of amides is 2. The van der Waals surface area contributed by atoms with Gasteiger partial charge in [-0.3, -0.25) is 20.4 Å². The van der Waals surface area contributed by atoms with Gasteiger partial charge >= 0.3 is 0 Å². The monoisotopic (exact) mass is 361 g/mol. The maximum Gasteiger partial charge on any atom is 0.253 e. The molecule has 2 aromatic carbocycles. The van der Waals surface area contributed by atoms with Gasteiger partial charge in [-0.2, -0.15) is 4.31 Å². The van der Waals surface area contributed by atoms with E-state index in [1.807, 2.05) is 18.2 Å². The topological polar surface area (TPSA) is 95.6 Å². The van der Waals surface area contributed by atoms with Crippen LogP contribution in [0.25, 0.3) is 0 Å². The molecule has 0 bridgehead atoms. The molecule has 25 heavy (non-hydrogen) atoms. The van der Waals surface area contributed by atoms with Crippen molar-refractivity contribution in [3.05, 3.63) is 66.2 Å². The molecule has 0 fully saturated rings. The van der Waals surface area contributed by atoms with E-state index in [2.05, 4.69) is 10.9 Å². The molecule has 0 aromatic heterocycles. The lowest BCUT2D eigenvalue weighted by Gasteiger charge is -2.17. The molecule has 0 aliphatic rings. The Labute approximate surface area is 146 Å². The third-order valence-corrected chi connectivity index (χ3v) is 5.18. The highest BCUT2D eigenvalue weighted by molar-refractivity contribution is 7.89. The fourth-order valence-corrected chi connectivity index (χ4v) is 3.21. The molecule has 132 valence electrons. The first kappa shape index (κ1) is 18.6. The van der Waals surface area contributed by atoms with Crippen LogP contribution in [0.1, 0.15) is 5.56 Å². The van der Waals surface area contributed by atoms with Crippen LogP contribution in [-0.2, 0) is 26.0 Å². The van der Waals surface area contributed by atoms with Crippen LogP contribution in [0.4, 0.5) is 0 Å². The summed E-state index contributed by atoms with van der Waals surface area (Å²) in [5.74, 6) is -1.03. The Kier molecular flexibility index (Phi) is 6.26. The van der Waals surface area contributed by atoms with Crippen LogP contribution in [0.5, 0.6) is 0 Å². The summed E-state index contributed by atoms with van der Waals surface area (Å²) in [6.45, 7) is -0.414. The molecule has 0 aliphatic carbocycles. The van der Waals surface area contributed by atoms with Gasteiger partial charge in [0, 0.05) is 7.05 Å². The van der Waals surface area contributed by atoms with E-state index in [9.17, 15) is 18.0 Å². The van der Waals surface area contributed by atoms with Gasteiger partial charge in [0.25, 0.3) is 5.91 Å². The van der Waals surface area contributed by atoms with Gasteiger partial charge in [-0.25, -0.2) is 8.42 Å². The third kappa shape index (κ3) is 5.40. The first-order valence-electron chi connectivity index (χ1n) is 7.52. The minimum Gasteiger partial charge on any atom is -0.273 e. The smallest absolute Gasteiger partial charge is 0.253 e. The van der Waals surface area contributed by atoms with Gasteiger partial charge in [-0.15, -0.1) is 0 Å². The first-order chi connectivity index (χ1) is 11.9. The van der Waals surface area contributed by atoms with Crippen LogP contribution >= 0.6 is 0 Å². The number of benzene rings is 2. The zero-order valence-electron chi connectivity index (χ0n) is 13.7. The molecular weight excluding hydrogens is 342 g/mol. The lowest BCUT2D eigenvalue weighted by atomic mass is 10.1. The normalized spacial score (nSPS) is 11.1. The van der Waals surface area contributed by atoms with Crippen LogP contribution < -0.4 is 10.9 Å². The van der Waals surface area contributed by atoms with Crippen LogP contribution in [0, 0.1) is 0 Å². The maximum absolute atomic E-state index is 12.3. The van der Waals surface area contributed by atoms with E-state index in [0.717, 1.165) is 9.87 Å². The molecule has 2 N–H and O–H groups in total. The molecule has 2 amide bonds. The maximum atomic E-state index is 12.3. The molecule has 0 radical (unpaired) electrons. The third-order valence-electron chi connectivity index (χ3n) is 3.37. The lowest BCUT2D eigenvalue weighted by Crippen LogP contribution is -2.47. The predicted molar refractivity (Wildman–Crippen MR) is 92.7 cm³/mol. The number of carbonyl (C=O) groups is 2. The first-order valence-corrected chi connectivity index (χ1v) is 8.96. The van der Waals surface area contributed by atoms with Crippen molar-refractivity contribution < 1.29 is 18.0 Å². The van der Waals surface area contributed by atoms with Crippen molar-refractivity contribution in [2.24, 2.45) is 0 Å². The SMILES string of the molecule is CN(CC(=O)NNC(=O)Cc1ccccc1)S(=O)(=O)c1ccccc1. The van der Waals surface area contributed by atoms with E-state index in [1.165, 1.54) is 19.2 Å². The standard InChI is InChI=1S/C17H19N3O4S/c1-20(25(23,24)15-10-6-3-7-11-15)13-17(22)19-18-16(21)12-14-8-4-2-5-9-14/h2-11H,12-13H2,1H3,(H,18,21)(H,19,22). The Bertz CT molecular complexity index is 823. The molecule has 0 unspecified atom stereocenters. The second-order valence-electron chi connectivity index (χ2n) is 5.33. The van der Waals surface area contributed by atoms with Gasteiger partial charge in [-0.1, -0.05) is 48.5 Å². The van der Waals surface area contributed by atoms with E-state index in [1.54, 1.807) is 30.3 Å². The molecule has 0 heterocycles. The number of carbonyl (C=O) groups excluding carboxylic acids is 2. The number of nitrogens with zero attached hydrogens (tertiary/aromatic N) is 1. The van der Waals surface area contributed by atoms with E-state index in [-0.39, 0.29) is 11.3 Å². The minimum absolute atomic E-state index is 0.0958. The average Bonchev–Trinajstić information content (AvgIpc) is 2.61. The Morgan fingerprint density at radius 2 is 1.40 bits per heavy atom. The fraction of sp³-hybridized carbons (Fsp3) is 0.176. The van der Waals surface area contributed by atoms with Gasteiger partial charge in [0.05, 0.1) is 17.9 Å². The summed E-state index contributed by atoms with van der Waals surface area (Å²) in [5, 5.41) is 0. The fourth-order valence-electron chi connectivity index (χ4n) is 2.06. The molecular formula is C17H19N3O4S. The number of hydrazine groups is 1. The zero-order valence-corrected chi connectivity index (χ0v) is 14.5. The van der Waals surface area contributed by atoms with Gasteiger partial charge in [0.1, 0.15) is 0 Å². The van der Waals surface area contributed by atoms with Crippen LogP contribution in [-0.4, -0.2) is 38.1 Å². The summed E-state index contributed by atoms with van der Waals surface area (Å²) < 4.78 is 25.5. The summed E-state index contributed by atoms with van der Waals surface area (Å²) in [4.78, 5) is 23.7. The zero-order chi connectivity index (χ0) is 18.3. The van der Waals surface area contributed by atoms with Gasteiger partial charge in [-0.05, 0) is 17.7 Å². The Balaban J connectivity index is 1.84. The van der Waals surface area contributed by atoms with E-state index in [4.69, 9.17) is 0 Å². The summed E-state index contributed by atoms with van der Waals surface area (Å²) >= 11 is 0. The molecule has 7 nitrogen and oxygen atoms in total. The van der Waals surface area contributed by atoms with Crippen LogP contribution in [0.3, 0.4) is 0 Å². The summed E-state index contributed by atoms with van der Waals surface area (Å²) in [6.07, 6.45) is 0.110. The summed E-state index contributed by atoms with van der Waals surface area (Å²) in [6, 6.07) is 16.9. The molecule has 2 aromatic rings. The number of likely N-dealkylation sites (N-methyl/N-ethyl adjacent to an activating group) is 1. The van der Waals surface area contributed by atoms with Crippen molar-refractivity contribution in [3.8, 4) is 0 Å². The van der Waals surface area contributed by atoms with Crippen molar-refractivity contribution in [2.45, 2.75) is 11.3 Å². The molecule has 0 aliphatic heterocycles. The largest absolute Gasteiger partial charge is 0.273 e. The molecule has 0 saturated heterocycles. The average molecular weight is 361 g/mol. The van der Waals surface area contributed by atoms with Crippen LogP contribution in [0.2, 0.25) is 0 Å². The number of sulfonamides is 1. The van der Waals surface area contributed by atoms with Crippen molar-refractivity contribution in [1.29, 1.82) is 0 Å². The van der Waals surface area contributed by atoms with E-state index < -0.39 is 28.4 Å². The predicted octanol–water partition coefficient (Wildman–Crippen LogP) is 0.697. The molecule has 0 spiro atoms. The highest BCUT2D eigenvalue weighted by atomic mass is 32.2. The van der Waals surface area contributed by atoms with Gasteiger partial charge in [0.2, 0.25) is 15.9 Å². The van der Waals surface area contributed by atoms with E-state index >= 15 is 0 Å². The highest BCUT2D eigenvalue weighted by Gasteiger charge is 2.22. The van der Waals surface area contributed by atoms with E-state index in [0.29, 0.717) is 0 Å². The Morgan fingerprint density at radius 3 is 2.00 bits per heavy atom. The lowest BCUT2D eigenvalue weighted by molar-refractivity contribution is -0.128. The van der Waals surface area contributed by atoms with Crippen molar-refractivity contribution >= 4 is 21.8 Å². The van der Waals surface area contributed by atoms with Crippen molar-refractivity contribution in [1.82, 2.24) is 15.2 Å². The van der Waals surface area contributed by atoms with Gasteiger partial charge in [0.15, 0.2) is 0 Å². The highest BCUT2D eigenvalue weighted by Crippen LogP contribution is 2.12. The van der Waals surface area contributed by atoms with Crippen LogP contribution in [0.15, 0.2) is 65.6 Å². The molecule has 0 atom stereocenters. The van der Waals surface area contributed by atoms with Gasteiger partial charge < -0.3 is 0 Å².